The molecule has 0 atom stereocenters. The van der Waals surface area contributed by atoms with E-state index in [0.717, 1.165) is 84.2 Å². The van der Waals surface area contributed by atoms with Crippen molar-refractivity contribution in [3.63, 3.8) is 0 Å². The summed E-state index contributed by atoms with van der Waals surface area (Å²) in [6.45, 7) is 11.3. The average molecular weight is 898 g/mol. The Hall–Kier alpha value is -6.20. The smallest absolute Gasteiger partial charge is 0.273 e. The predicted molar refractivity (Wildman–Crippen MR) is 247 cm³/mol. The molecule has 0 aromatic carbocycles. The molecular formula is C48H67N9O8. The van der Waals surface area contributed by atoms with E-state index in [2.05, 4.69) is 45.7 Å². The molecule has 0 spiro atoms. The van der Waals surface area contributed by atoms with Crippen LogP contribution in [0.3, 0.4) is 0 Å². The average Bonchev–Trinajstić information content (AvgIpc) is 3.29. The highest BCUT2D eigenvalue weighted by Crippen LogP contribution is 2.19. The largest absolute Gasteiger partial charge is 0.506 e. The lowest BCUT2D eigenvalue weighted by atomic mass is 10.1. The van der Waals surface area contributed by atoms with E-state index in [0.29, 0.717) is 68.8 Å². The van der Waals surface area contributed by atoms with Crippen molar-refractivity contribution in [1.29, 1.82) is 0 Å². The van der Waals surface area contributed by atoms with E-state index in [9.17, 15) is 39.6 Å². The van der Waals surface area contributed by atoms with Gasteiger partial charge in [0.05, 0.1) is 0 Å². The highest BCUT2D eigenvalue weighted by molar-refractivity contribution is 5.97. The highest BCUT2D eigenvalue weighted by Gasteiger charge is 2.17. The third kappa shape index (κ3) is 18.4. The van der Waals surface area contributed by atoms with Gasteiger partial charge in [0.25, 0.3) is 17.7 Å². The summed E-state index contributed by atoms with van der Waals surface area (Å²) in [6.07, 6.45) is 11.5. The molecule has 0 saturated heterocycles. The maximum Gasteiger partial charge on any atom is 0.273 e. The van der Waals surface area contributed by atoms with Crippen LogP contribution in [-0.4, -0.2) is 133 Å². The standard InChI is InChI=1S/C48H67N9O8/c1-34-18-21-39(60)42(53-34)37(58)16-8-11-30-56(31-14-26-51-47(64)44-40(61)22-19-35(2)54-44)28-9-6-4-5-7-10-29-57(32-13-25-50-46(63)43-38(59)17-12-24-49-43)33-15-27-52-48(65)45-41(62)23-20-36(3)55-45/h12,17-24,59-62H,4-11,13-16,25-33H2,1-3H3,(H,50,63)(H,51,64)(H,52,65). The van der Waals surface area contributed by atoms with Crippen LogP contribution in [0.4, 0.5) is 0 Å². The monoisotopic (exact) mass is 898 g/mol. The van der Waals surface area contributed by atoms with Gasteiger partial charge in [-0.15, -0.1) is 0 Å². The van der Waals surface area contributed by atoms with Crippen molar-refractivity contribution in [2.45, 2.75) is 97.8 Å². The number of aryl methyl sites for hydroxylation is 3. The van der Waals surface area contributed by atoms with Crippen LogP contribution < -0.4 is 16.0 Å². The number of nitrogens with one attached hydrogen (secondary N) is 3. The van der Waals surface area contributed by atoms with Gasteiger partial charge in [0, 0.05) is 49.3 Å². The van der Waals surface area contributed by atoms with Gasteiger partial charge in [-0.05, 0) is 154 Å². The Kier molecular flexibility index (Phi) is 22.1. The molecule has 17 heteroatoms. The summed E-state index contributed by atoms with van der Waals surface area (Å²) in [6, 6.07) is 12.4. The molecule has 0 fully saturated rings. The maximum atomic E-state index is 12.8. The Balaban J connectivity index is 1.19. The van der Waals surface area contributed by atoms with Crippen LogP contribution in [0.15, 0.2) is 54.7 Å². The number of ketones is 1. The summed E-state index contributed by atoms with van der Waals surface area (Å²) < 4.78 is 0. The molecule has 0 saturated carbocycles. The van der Waals surface area contributed by atoms with Crippen molar-refractivity contribution in [3.8, 4) is 23.0 Å². The lowest BCUT2D eigenvalue weighted by Crippen LogP contribution is -2.33. The first-order chi connectivity index (χ1) is 31.3. The number of aromatic hydroxyl groups is 4. The zero-order valence-corrected chi connectivity index (χ0v) is 38.2. The molecule has 3 amide bonds. The number of hydrogen-bond donors (Lipinski definition) is 7. The zero-order valence-electron chi connectivity index (χ0n) is 38.2. The molecule has 4 heterocycles. The Bertz CT molecular complexity index is 2080. The van der Waals surface area contributed by atoms with Gasteiger partial charge < -0.3 is 46.2 Å². The van der Waals surface area contributed by atoms with Crippen LogP contribution in [0.2, 0.25) is 0 Å². The van der Waals surface area contributed by atoms with E-state index in [4.69, 9.17) is 0 Å². The minimum atomic E-state index is -0.430. The number of carbonyl (C=O) groups excluding carboxylic acids is 4. The van der Waals surface area contributed by atoms with E-state index >= 15 is 0 Å². The first kappa shape index (κ1) is 51.4. The van der Waals surface area contributed by atoms with Crippen LogP contribution in [0.25, 0.3) is 0 Å². The Morgan fingerprint density at radius 1 is 0.446 bits per heavy atom. The van der Waals surface area contributed by atoms with Crippen LogP contribution in [0, 0.1) is 20.8 Å². The van der Waals surface area contributed by atoms with Crippen molar-refractivity contribution in [3.05, 3.63) is 94.6 Å². The lowest BCUT2D eigenvalue weighted by molar-refractivity contribution is 0.0933. The topological polar surface area (TPSA) is 243 Å². The number of rotatable bonds is 30. The Labute approximate surface area is 382 Å². The fourth-order valence-electron chi connectivity index (χ4n) is 7.31. The summed E-state index contributed by atoms with van der Waals surface area (Å²) in [5.41, 5.74) is 2.08. The van der Waals surface area contributed by atoms with E-state index in [1.807, 2.05) is 0 Å². The van der Waals surface area contributed by atoms with Gasteiger partial charge in [0.15, 0.2) is 22.9 Å². The van der Waals surface area contributed by atoms with E-state index in [1.165, 1.54) is 30.5 Å². The van der Waals surface area contributed by atoms with Crippen molar-refractivity contribution in [2.75, 3.05) is 58.9 Å². The predicted octanol–water partition coefficient (Wildman–Crippen LogP) is 5.77. The highest BCUT2D eigenvalue weighted by atomic mass is 16.3. The number of nitrogens with zero attached hydrogens (tertiary/aromatic N) is 6. The molecule has 0 aliphatic heterocycles. The number of hydrogen-bond acceptors (Lipinski definition) is 14. The third-order valence-electron chi connectivity index (χ3n) is 10.9. The fraction of sp³-hybridized carbons (Fsp3) is 0.500. The second-order valence-electron chi connectivity index (χ2n) is 16.3. The number of carbonyl (C=O) groups is 4. The van der Waals surface area contributed by atoms with Gasteiger partial charge in [0.2, 0.25) is 0 Å². The zero-order chi connectivity index (χ0) is 47.0. The van der Waals surface area contributed by atoms with Gasteiger partial charge in [-0.25, -0.2) is 19.9 Å². The first-order valence-electron chi connectivity index (χ1n) is 22.8. The molecule has 4 aromatic rings. The molecule has 0 aliphatic carbocycles. The number of amides is 3. The summed E-state index contributed by atoms with van der Waals surface area (Å²) in [4.78, 5) is 71.9. The summed E-state index contributed by atoms with van der Waals surface area (Å²) in [5.74, 6) is -2.03. The molecule has 352 valence electrons. The molecule has 0 bridgehead atoms. The molecular weight excluding hydrogens is 831 g/mol. The van der Waals surface area contributed by atoms with Gasteiger partial charge in [-0.1, -0.05) is 25.7 Å². The molecule has 65 heavy (non-hydrogen) atoms. The molecule has 0 aliphatic rings. The van der Waals surface area contributed by atoms with Crippen molar-refractivity contribution >= 4 is 23.5 Å². The van der Waals surface area contributed by atoms with Gasteiger partial charge in [-0.2, -0.15) is 0 Å². The van der Waals surface area contributed by atoms with Crippen LogP contribution in [0.1, 0.15) is 136 Å². The van der Waals surface area contributed by atoms with Crippen molar-refractivity contribution < 1.29 is 39.6 Å². The van der Waals surface area contributed by atoms with Gasteiger partial charge in [0.1, 0.15) is 28.7 Å². The van der Waals surface area contributed by atoms with E-state index < -0.39 is 17.7 Å². The first-order valence-corrected chi connectivity index (χ1v) is 22.8. The maximum absolute atomic E-state index is 12.8. The van der Waals surface area contributed by atoms with Crippen molar-refractivity contribution in [1.82, 2.24) is 45.7 Å². The number of unbranched alkanes of at least 4 members (excludes halogenated alkanes) is 6. The summed E-state index contributed by atoms with van der Waals surface area (Å²) in [7, 11) is 0. The van der Waals surface area contributed by atoms with Crippen molar-refractivity contribution in [2.24, 2.45) is 0 Å². The Morgan fingerprint density at radius 2 is 0.800 bits per heavy atom. The minimum absolute atomic E-state index is 0.00659. The van der Waals surface area contributed by atoms with Crippen LogP contribution >= 0.6 is 0 Å². The van der Waals surface area contributed by atoms with Crippen LogP contribution in [-0.2, 0) is 0 Å². The molecule has 7 N–H and O–H groups in total. The third-order valence-corrected chi connectivity index (χ3v) is 10.9. The van der Waals surface area contributed by atoms with Crippen LogP contribution in [0.5, 0.6) is 23.0 Å². The fourth-order valence-corrected chi connectivity index (χ4v) is 7.31. The quantitative estimate of drug-likeness (QED) is 0.0243. The van der Waals surface area contributed by atoms with E-state index in [1.54, 1.807) is 45.0 Å². The second kappa shape index (κ2) is 27.9. The molecule has 0 unspecified atom stereocenters. The molecule has 4 rings (SSSR count). The summed E-state index contributed by atoms with van der Waals surface area (Å²) >= 11 is 0. The van der Waals surface area contributed by atoms with Gasteiger partial charge >= 0.3 is 0 Å². The Morgan fingerprint density at radius 3 is 1.25 bits per heavy atom. The lowest BCUT2D eigenvalue weighted by Gasteiger charge is -2.23. The van der Waals surface area contributed by atoms with Gasteiger partial charge in [-0.3, -0.25) is 19.2 Å². The normalized spacial score (nSPS) is 11.2. The molecule has 4 aromatic heterocycles. The number of aromatic nitrogens is 4. The minimum Gasteiger partial charge on any atom is -0.506 e. The number of pyridine rings is 4. The number of Topliss-reactive ketones (excluding diaryl/α,β-unsaturated/α-hetero) is 1. The van der Waals surface area contributed by atoms with E-state index in [-0.39, 0.29) is 51.6 Å². The second-order valence-corrected chi connectivity index (χ2v) is 16.3. The molecule has 0 radical (unpaired) electrons. The molecule has 17 nitrogen and oxygen atoms in total. The SMILES string of the molecule is Cc1ccc(O)c(C(=O)CCCCN(CCCCCCCCN(CCCNC(=O)c2ncccc2O)CCCNC(=O)c2nc(C)ccc2O)CCCNC(=O)c2nc(C)ccc2O)n1. The summed E-state index contributed by atoms with van der Waals surface area (Å²) in [5, 5.41) is 48.9.